The summed E-state index contributed by atoms with van der Waals surface area (Å²) in [4.78, 5) is 15.3. The van der Waals surface area contributed by atoms with E-state index in [-0.39, 0.29) is 17.6 Å². The number of fused-ring (bicyclic) bond motifs is 1. The Labute approximate surface area is 219 Å². The number of hydrogen-bond donors (Lipinski definition) is 0. The number of carbonyl (C=O) groups is 1. The molecule has 0 unspecified atom stereocenters. The van der Waals surface area contributed by atoms with E-state index >= 15 is 0 Å². The molecule has 0 bridgehead atoms. The minimum absolute atomic E-state index is 0.0678. The third kappa shape index (κ3) is 5.28. The minimum atomic E-state index is -0.281. The highest BCUT2D eigenvalue weighted by atomic mass is 35.5. The number of ether oxygens (including phenoxy) is 1. The van der Waals surface area contributed by atoms with E-state index in [1.807, 2.05) is 4.90 Å². The molecule has 1 aliphatic rings. The topological polar surface area (TPSA) is 29.5 Å². The molecule has 0 fully saturated rings. The first-order chi connectivity index (χ1) is 16.4. The Morgan fingerprint density at radius 1 is 0.914 bits per heavy atom. The second-order valence-electron chi connectivity index (χ2n) is 10.6. The zero-order chi connectivity index (χ0) is 25.7. The molecule has 0 spiro atoms. The highest BCUT2D eigenvalue weighted by molar-refractivity contribution is 6.35. The highest BCUT2D eigenvalue weighted by Crippen LogP contribution is 2.43. The lowest BCUT2D eigenvalue weighted by molar-refractivity contribution is -0.0530. The molecule has 3 nitrogen and oxygen atoms in total. The molecule has 5 heteroatoms. The van der Waals surface area contributed by atoms with Gasteiger partial charge < -0.3 is 9.64 Å². The summed E-state index contributed by atoms with van der Waals surface area (Å²) < 4.78 is 6.47. The monoisotopic (exact) mass is 509 g/mol. The minimum Gasteiger partial charge on any atom is -0.368 e. The average molecular weight is 511 g/mol. The quantitative estimate of drug-likeness (QED) is 0.352. The molecule has 1 amide bonds. The van der Waals surface area contributed by atoms with Gasteiger partial charge in [0.05, 0.1) is 11.7 Å². The number of halogens is 2. The Morgan fingerprint density at radius 2 is 1.46 bits per heavy atom. The fourth-order valence-electron chi connectivity index (χ4n) is 5.21. The Morgan fingerprint density at radius 3 is 2.00 bits per heavy atom. The maximum Gasteiger partial charge on any atom is 0.254 e. The third-order valence-corrected chi connectivity index (χ3v) is 7.13. The van der Waals surface area contributed by atoms with Crippen LogP contribution in [-0.2, 0) is 17.8 Å². The molecular formula is C30H33Cl2NO2. The van der Waals surface area contributed by atoms with Crippen LogP contribution in [0.2, 0.25) is 10.0 Å². The fourth-order valence-corrected chi connectivity index (χ4v) is 5.74. The van der Waals surface area contributed by atoms with Gasteiger partial charge in [-0.25, -0.2) is 0 Å². The second-order valence-corrected chi connectivity index (χ2v) is 11.4. The second kappa shape index (κ2) is 9.61. The largest absolute Gasteiger partial charge is 0.368 e. The maximum absolute atomic E-state index is 13.4. The van der Waals surface area contributed by atoms with E-state index in [0.717, 1.165) is 0 Å². The zero-order valence-corrected chi connectivity index (χ0v) is 23.1. The van der Waals surface area contributed by atoms with E-state index in [9.17, 15) is 4.79 Å². The molecule has 184 valence electrons. The van der Waals surface area contributed by atoms with Crippen molar-refractivity contribution in [1.82, 2.24) is 4.90 Å². The summed E-state index contributed by atoms with van der Waals surface area (Å²) in [7, 11) is 0. The van der Waals surface area contributed by atoms with E-state index in [1.54, 1.807) is 18.2 Å². The Kier molecular flexibility index (Phi) is 7.07. The van der Waals surface area contributed by atoms with Gasteiger partial charge in [-0.3, -0.25) is 4.79 Å². The molecule has 0 aromatic heterocycles. The lowest BCUT2D eigenvalue weighted by Crippen LogP contribution is -2.25. The van der Waals surface area contributed by atoms with Gasteiger partial charge in [-0.05, 0) is 106 Å². The van der Waals surface area contributed by atoms with Crippen LogP contribution in [0, 0.1) is 20.8 Å². The molecule has 1 atom stereocenters. The molecule has 3 aromatic rings. The number of benzene rings is 3. The van der Waals surface area contributed by atoms with Crippen LogP contribution in [0.25, 0.3) is 11.1 Å². The van der Waals surface area contributed by atoms with Crippen molar-refractivity contribution in [2.45, 2.75) is 73.3 Å². The van der Waals surface area contributed by atoms with Gasteiger partial charge in [0.1, 0.15) is 0 Å². The summed E-state index contributed by atoms with van der Waals surface area (Å²) in [6, 6.07) is 13.7. The van der Waals surface area contributed by atoms with Crippen molar-refractivity contribution in [3.8, 4) is 11.1 Å². The van der Waals surface area contributed by atoms with Gasteiger partial charge in [0.2, 0.25) is 0 Å². The van der Waals surface area contributed by atoms with Crippen LogP contribution in [0.3, 0.4) is 0 Å². The maximum atomic E-state index is 13.4. The van der Waals surface area contributed by atoms with Crippen molar-refractivity contribution in [3.05, 3.63) is 91.5 Å². The number of carbonyl (C=O) groups excluding carboxylic acids is 1. The van der Waals surface area contributed by atoms with Crippen molar-refractivity contribution in [2.75, 3.05) is 0 Å². The first-order valence-electron chi connectivity index (χ1n) is 12.0. The lowest BCUT2D eigenvalue weighted by atomic mass is 9.83. The number of nitrogens with zero attached hydrogens (tertiary/aromatic N) is 1. The van der Waals surface area contributed by atoms with Crippen molar-refractivity contribution in [3.63, 3.8) is 0 Å². The first kappa shape index (κ1) is 25.8. The van der Waals surface area contributed by atoms with E-state index in [2.05, 4.69) is 72.7 Å². The van der Waals surface area contributed by atoms with Gasteiger partial charge in [-0.1, -0.05) is 53.0 Å². The predicted molar refractivity (Wildman–Crippen MR) is 145 cm³/mol. The van der Waals surface area contributed by atoms with Gasteiger partial charge in [-0.2, -0.15) is 0 Å². The molecule has 1 heterocycles. The molecule has 3 aromatic carbocycles. The number of rotatable bonds is 4. The van der Waals surface area contributed by atoms with Crippen LogP contribution in [0.15, 0.2) is 42.5 Å². The van der Waals surface area contributed by atoms with Crippen molar-refractivity contribution < 1.29 is 9.53 Å². The van der Waals surface area contributed by atoms with Crippen LogP contribution in [-0.4, -0.2) is 16.4 Å². The van der Waals surface area contributed by atoms with Crippen molar-refractivity contribution in [2.24, 2.45) is 0 Å². The van der Waals surface area contributed by atoms with E-state index < -0.39 is 0 Å². The number of hydrogen-bond acceptors (Lipinski definition) is 2. The van der Waals surface area contributed by atoms with E-state index in [1.165, 1.54) is 44.5 Å². The molecule has 4 rings (SSSR count). The summed E-state index contributed by atoms with van der Waals surface area (Å²) >= 11 is 12.4. The molecule has 0 aliphatic carbocycles. The van der Waals surface area contributed by atoms with Crippen molar-refractivity contribution in [1.29, 1.82) is 0 Å². The van der Waals surface area contributed by atoms with E-state index in [4.69, 9.17) is 27.9 Å². The molecule has 1 aliphatic heterocycles. The van der Waals surface area contributed by atoms with Gasteiger partial charge in [0.25, 0.3) is 5.91 Å². The molecule has 0 radical (unpaired) electrons. The first-order valence-corrected chi connectivity index (χ1v) is 12.8. The standard InChI is InChI=1S/C30H33Cl2NO2/c1-17-8-10-21(11-9-17)28-19(3)26-16-33(29(34)22-12-23(31)14-24(32)13-22)15-25(26)18(2)27(28)20(4)35-30(5,6)7/h8-14,20H,15-16H2,1-7H3/t20-/m1/s1. The summed E-state index contributed by atoms with van der Waals surface area (Å²) in [5.41, 5.74) is 9.84. The van der Waals surface area contributed by atoms with Gasteiger partial charge in [0, 0.05) is 28.7 Å². The molecular weight excluding hydrogens is 477 g/mol. The normalized spacial score (nSPS) is 14.3. The van der Waals surface area contributed by atoms with Crippen LogP contribution in [0.1, 0.15) is 77.5 Å². The number of aryl methyl sites for hydroxylation is 1. The van der Waals surface area contributed by atoms with Crippen molar-refractivity contribution >= 4 is 29.1 Å². The van der Waals surface area contributed by atoms with Gasteiger partial charge in [0.15, 0.2) is 0 Å². The fraction of sp³-hybridized carbons (Fsp3) is 0.367. The van der Waals surface area contributed by atoms with Crippen LogP contribution < -0.4 is 0 Å². The Bertz CT molecular complexity index is 1270. The zero-order valence-electron chi connectivity index (χ0n) is 21.6. The third-order valence-electron chi connectivity index (χ3n) is 6.69. The summed E-state index contributed by atoms with van der Waals surface area (Å²) in [6.45, 7) is 15.9. The Hall–Kier alpha value is -2.33. The molecule has 0 saturated heterocycles. The van der Waals surface area contributed by atoms with Gasteiger partial charge >= 0.3 is 0 Å². The predicted octanol–water partition coefficient (Wildman–Crippen LogP) is 8.62. The van der Waals surface area contributed by atoms with Crippen LogP contribution >= 0.6 is 23.2 Å². The molecule has 0 N–H and O–H groups in total. The smallest absolute Gasteiger partial charge is 0.254 e. The van der Waals surface area contributed by atoms with Crippen LogP contribution in [0.4, 0.5) is 0 Å². The molecule has 0 saturated carbocycles. The summed E-state index contributed by atoms with van der Waals surface area (Å²) in [6.07, 6.45) is -0.105. The van der Waals surface area contributed by atoms with E-state index in [0.29, 0.717) is 28.7 Å². The Balaban J connectivity index is 1.83. The SMILES string of the molecule is Cc1ccc(-c2c(C)c3c(c(C)c2[C@@H](C)OC(C)(C)C)CN(C(=O)c2cc(Cl)cc(Cl)c2)C3)cc1. The van der Waals surface area contributed by atoms with Gasteiger partial charge in [-0.15, -0.1) is 0 Å². The average Bonchev–Trinajstić information content (AvgIpc) is 3.20. The number of amides is 1. The molecule has 35 heavy (non-hydrogen) atoms. The summed E-state index contributed by atoms with van der Waals surface area (Å²) in [5, 5.41) is 0.920. The van der Waals surface area contributed by atoms with Crippen LogP contribution in [0.5, 0.6) is 0 Å². The summed E-state index contributed by atoms with van der Waals surface area (Å²) in [5.74, 6) is -0.0678. The lowest BCUT2D eigenvalue weighted by Gasteiger charge is -2.30. The highest BCUT2D eigenvalue weighted by Gasteiger charge is 2.32.